The molecular formula is C28H29N3O2. The summed E-state index contributed by atoms with van der Waals surface area (Å²) in [5.74, 6) is -0.0546. The Labute approximate surface area is 194 Å². The first-order valence-corrected chi connectivity index (χ1v) is 11.8. The molecule has 5 rings (SSSR count). The monoisotopic (exact) mass is 439 g/mol. The SMILES string of the molecule is Cc1cc(Cc2ccccc2)cc(C2CCN(C(=O)C3CC(=O)Nc4ccccc43)CC2)n1. The van der Waals surface area contributed by atoms with E-state index in [2.05, 4.69) is 48.6 Å². The first kappa shape index (κ1) is 21.4. The number of pyridine rings is 1. The number of fused-ring (bicyclic) bond motifs is 1. The van der Waals surface area contributed by atoms with E-state index in [9.17, 15) is 9.59 Å². The van der Waals surface area contributed by atoms with Gasteiger partial charge in [0.05, 0.1) is 5.92 Å². The number of aromatic nitrogens is 1. The lowest BCUT2D eigenvalue weighted by molar-refractivity contribution is -0.135. The second-order valence-electron chi connectivity index (χ2n) is 9.20. The molecule has 0 aliphatic carbocycles. The van der Waals surface area contributed by atoms with Crippen LogP contribution in [-0.4, -0.2) is 34.8 Å². The zero-order valence-corrected chi connectivity index (χ0v) is 19.0. The molecule has 1 atom stereocenters. The van der Waals surface area contributed by atoms with Crippen molar-refractivity contribution in [3.63, 3.8) is 0 Å². The molecule has 1 unspecified atom stereocenters. The average molecular weight is 440 g/mol. The van der Waals surface area contributed by atoms with Gasteiger partial charge in [-0.1, -0.05) is 48.5 Å². The van der Waals surface area contributed by atoms with E-state index in [1.165, 1.54) is 11.1 Å². The molecule has 5 nitrogen and oxygen atoms in total. The third kappa shape index (κ3) is 4.68. The number of hydrogen-bond donors (Lipinski definition) is 1. The van der Waals surface area contributed by atoms with E-state index in [-0.39, 0.29) is 24.2 Å². The number of para-hydroxylation sites is 1. The molecule has 2 aliphatic rings. The van der Waals surface area contributed by atoms with Crippen LogP contribution in [-0.2, 0) is 16.0 Å². The summed E-state index contributed by atoms with van der Waals surface area (Å²) in [6.07, 6.45) is 2.91. The molecule has 2 aliphatic heterocycles. The number of piperidine rings is 1. The van der Waals surface area contributed by atoms with Gasteiger partial charge in [-0.2, -0.15) is 0 Å². The standard InChI is InChI=1S/C28H29N3O2/c1-19-15-21(16-20-7-3-2-4-8-20)17-26(29-19)22-11-13-31(14-12-22)28(33)24-18-27(32)30-25-10-6-5-9-23(24)25/h2-10,15,17,22,24H,11-14,16,18H2,1H3,(H,30,32). The highest BCUT2D eigenvalue weighted by Gasteiger charge is 2.35. The van der Waals surface area contributed by atoms with Crippen LogP contribution in [0.2, 0.25) is 0 Å². The van der Waals surface area contributed by atoms with Crippen LogP contribution in [0.15, 0.2) is 66.7 Å². The Morgan fingerprint density at radius 3 is 2.52 bits per heavy atom. The van der Waals surface area contributed by atoms with Crippen molar-refractivity contribution in [1.29, 1.82) is 0 Å². The number of nitrogens with one attached hydrogen (secondary N) is 1. The average Bonchev–Trinajstić information content (AvgIpc) is 2.83. The first-order chi connectivity index (χ1) is 16.1. The van der Waals surface area contributed by atoms with Crippen molar-refractivity contribution in [2.24, 2.45) is 0 Å². The minimum absolute atomic E-state index is 0.0673. The number of hydrogen-bond acceptors (Lipinski definition) is 3. The fourth-order valence-corrected chi connectivity index (χ4v) is 5.16. The summed E-state index contributed by atoms with van der Waals surface area (Å²) in [6.45, 7) is 3.46. The lowest BCUT2D eigenvalue weighted by atomic mass is 9.87. The zero-order valence-electron chi connectivity index (χ0n) is 19.0. The Kier molecular flexibility index (Phi) is 5.95. The molecule has 5 heteroatoms. The fourth-order valence-electron chi connectivity index (χ4n) is 5.16. The number of benzene rings is 2. The van der Waals surface area contributed by atoms with E-state index in [1.807, 2.05) is 35.2 Å². The van der Waals surface area contributed by atoms with Gasteiger partial charge in [-0.25, -0.2) is 0 Å². The molecule has 1 fully saturated rings. The molecule has 0 bridgehead atoms. The molecule has 0 spiro atoms. The summed E-state index contributed by atoms with van der Waals surface area (Å²) in [7, 11) is 0. The molecule has 0 saturated carbocycles. The second kappa shape index (κ2) is 9.18. The Morgan fingerprint density at radius 2 is 1.73 bits per heavy atom. The number of nitrogens with zero attached hydrogens (tertiary/aromatic N) is 2. The molecule has 3 aromatic rings. The van der Waals surface area contributed by atoms with Gasteiger partial charge in [0, 0.05) is 42.5 Å². The summed E-state index contributed by atoms with van der Waals surface area (Å²) in [5.41, 5.74) is 6.45. The minimum Gasteiger partial charge on any atom is -0.342 e. The van der Waals surface area contributed by atoms with Crippen LogP contribution in [0.4, 0.5) is 5.69 Å². The lowest BCUT2D eigenvalue weighted by Crippen LogP contribution is -2.42. The largest absolute Gasteiger partial charge is 0.342 e. The second-order valence-corrected chi connectivity index (χ2v) is 9.20. The van der Waals surface area contributed by atoms with Crippen molar-refractivity contribution in [3.05, 3.63) is 94.8 Å². The number of carbonyl (C=O) groups is 2. The summed E-state index contributed by atoms with van der Waals surface area (Å²) < 4.78 is 0. The maximum atomic E-state index is 13.3. The van der Waals surface area contributed by atoms with Crippen LogP contribution in [0.3, 0.4) is 0 Å². The highest BCUT2D eigenvalue weighted by Crippen LogP contribution is 2.35. The quantitative estimate of drug-likeness (QED) is 0.634. The van der Waals surface area contributed by atoms with Gasteiger partial charge in [-0.3, -0.25) is 14.6 Å². The number of anilines is 1. The van der Waals surface area contributed by atoms with Gasteiger partial charge in [0.15, 0.2) is 0 Å². The third-order valence-electron chi connectivity index (χ3n) is 6.81. The van der Waals surface area contributed by atoms with Crippen molar-refractivity contribution in [2.45, 2.75) is 44.4 Å². The minimum atomic E-state index is -0.388. The summed E-state index contributed by atoms with van der Waals surface area (Å²) in [6, 6.07) is 22.6. The van der Waals surface area contributed by atoms with Gasteiger partial charge in [-0.05, 0) is 61.1 Å². The van der Waals surface area contributed by atoms with Crippen molar-refractivity contribution in [2.75, 3.05) is 18.4 Å². The van der Waals surface area contributed by atoms with Crippen LogP contribution >= 0.6 is 0 Å². The van der Waals surface area contributed by atoms with Gasteiger partial charge >= 0.3 is 0 Å². The summed E-state index contributed by atoms with van der Waals surface area (Å²) in [5, 5.41) is 2.89. The number of rotatable bonds is 4. The summed E-state index contributed by atoms with van der Waals surface area (Å²) in [4.78, 5) is 32.3. The molecule has 1 aromatic heterocycles. The molecule has 1 saturated heterocycles. The van der Waals surface area contributed by atoms with Crippen LogP contribution < -0.4 is 5.32 Å². The molecular weight excluding hydrogens is 410 g/mol. The molecule has 2 amide bonds. The van der Waals surface area contributed by atoms with Crippen molar-refractivity contribution < 1.29 is 9.59 Å². The van der Waals surface area contributed by atoms with Crippen molar-refractivity contribution in [1.82, 2.24) is 9.88 Å². The Hall–Kier alpha value is -3.47. The molecule has 1 N–H and O–H groups in total. The van der Waals surface area contributed by atoms with Crippen LogP contribution in [0, 0.1) is 6.92 Å². The van der Waals surface area contributed by atoms with Crippen molar-refractivity contribution >= 4 is 17.5 Å². The van der Waals surface area contributed by atoms with Gasteiger partial charge in [-0.15, -0.1) is 0 Å². The van der Waals surface area contributed by atoms with Gasteiger partial charge in [0.1, 0.15) is 0 Å². The van der Waals surface area contributed by atoms with Crippen LogP contribution in [0.5, 0.6) is 0 Å². The van der Waals surface area contributed by atoms with E-state index in [0.717, 1.165) is 41.9 Å². The fraction of sp³-hybridized carbons (Fsp3) is 0.321. The predicted octanol–water partition coefficient (Wildman–Crippen LogP) is 4.81. The first-order valence-electron chi connectivity index (χ1n) is 11.8. The van der Waals surface area contributed by atoms with Crippen LogP contribution in [0.25, 0.3) is 0 Å². The van der Waals surface area contributed by atoms with Crippen molar-refractivity contribution in [3.8, 4) is 0 Å². The third-order valence-corrected chi connectivity index (χ3v) is 6.81. The number of aryl methyl sites for hydroxylation is 1. The highest BCUT2D eigenvalue weighted by atomic mass is 16.2. The Bertz CT molecular complexity index is 1170. The van der Waals surface area contributed by atoms with E-state index < -0.39 is 0 Å². The molecule has 168 valence electrons. The molecule has 2 aromatic carbocycles. The van der Waals surface area contributed by atoms with Gasteiger partial charge in [0.2, 0.25) is 11.8 Å². The maximum Gasteiger partial charge on any atom is 0.230 e. The lowest BCUT2D eigenvalue weighted by Gasteiger charge is -2.35. The maximum absolute atomic E-state index is 13.3. The van der Waals surface area contributed by atoms with E-state index in [4.69, 9.17) is 4.98 Å². The number of carbonyl (C=O) groups excluding carboxylic acids is 2. The van der Waals surface area contributed by atoms with E-state index >= 15 is 0 Å². The van der Waals surface area contributed by atoms with E-state index in [0.29, 0.717) is 19.0 Å². The Balaban J connectivity index is 1.27. The number of likely N-dealkylation sites (tertiary alicyclic amines) is 1. The Morgan fingerprint density at radius 1 is 1.00 bits per heavy atom. The number of amides is 2. The highest BCUT2D eigenvalue weighted by molar-refractivity contribution is 6.01. The van der Waals surface area contributed by atoms with E-state index in [1.54, 1.807) is 0 Å². The van der Waals surface area contributed by atoms with Crippen LogP contribution in [0.1, 0.15) is 59.2 Å². The zero-order chi connectivity index (χ0) is 22.8. The molecule has 33 heavy (non-hydrogen) atoms. The predicted molar refractivity (Wildman–Crippen MR) is 129 cm³/mol. The van der Waals surface area contributed by atoms with Gasteiger partial charge in [0.25, 0.3) is 0 Å². The normalized spacial score (nSPS) is 18.5. The van der Waals surface area contributed by atoms with Gasteiger partial charge < -0.3 is 10.2 Å². The topological polar surface area (TPSA) is 62.3 Å². The molecule has 3 heterocycles. The smallest absolute Gasteiger partial charge is 0.230 e. The molecule has 0 radical (unpaired) electrons. The summed E-state index contributed by atoms with van der Waals surface area (Å²) >= 11 is 0.